The van der Waals surface area contributed by atoms with Crippen molar-refractivity contribution in [2.75, 3.05) is 0 Å². The zero-order chi connectivity index (χ0) is 6.69. The Morgan fingerprint density at radius 2 is 2.22 bits per heavy atom. The van der Waals surface area contributed by atoms with Gasteiger partial charge in [-0.25, -0.2) is 0 Å². The molecular weight excluding hydrogens is 108 g/mol. The summed E-state index contributed by atoms with van der Waals surface area (Å²) in [6.07, 6.45) is 8.29. The van der Waals surface area contributed by atoms with Crippen molar-refractivity contribution in [1.29, 1.82) is 0 Å². The van der Waals surface area contributed by atoms with E-state index in [4.69, 9.17) is 0 Å². The molecule has 1 aliphatic carbocycles. The Kier molecular flexibility index (Phi) is 2.10. The fourth-order valence-corrected chi connectivity index (χ4v) is 1.23. The van der Waals surface area contributed by atoms with Gasteiger partial charge in [0.15, 0.2) is 0 Å². The predicted molar refractivity (Wildman–Crippen MR) is 41.4 cm³/mol. The van der Waals surface area contributed by atoms with E-state index in [9.17, 15) is 0 Å². The number of hydrogen-bond donors (Lipinski definition) is 0. The molecule has 0 atom stereocenters. The highest BCUT2D eigenvalue weighted by Crippen LogP contribution is 2.21. The first kappa shape index (κ1) is 6.60. The van der Waals surface area contributed by atoms with Gasteiger partial charge in [0.05, 0.1) is 0 Å². The van der Waals surface area contributed by atoms with Crippen LogP contribution in [0.4, 0.5) is 0 Å². The third kappa shape index (κ3) is 1.70. The van der Waals surface area contributed by atoms with Gasteiger partial charge in [-0.1, -0.05) is 36.6 Å². The van der Waals surface area contributed by atoms with Gasteiger partial charge in [0.25, 0.3) is 0 Å². The van der Waals surface area contributed by atoms with Crippen LogP contribution in [-0.4, -0.2) is 0 Å². The molecule has 50 valence electrons. The maximum Gasteiger partial charge on any atom is -0.0105 e. The van der Waals surface area contributed by atoms with Crippen LogP contribution in [0, 0.1) is 0 Å². The second-order valence-electron chi connectivity index (χ2n) is 2.76. The van der Waals surface area contributed by atoms with Gasteiger partial charge in [-0.05, 0) is 19.8 Å². The first-order valence-electron chi connectivity index (χ1n) is 3.68. The van der Waals surface area contributed by atoms with Crippen LogP contribution in [0.3, 0.4) is 0 Å². The molecule has 0 aromatic heterocycles. The Labute approximate surface area is 57.3 Å². The normalized spacial score (nSPS) is 17.6. The molecule has 0 spiro atoms. The molecule has 0 unspecified atom stereocenters. The molecule has 0 amide bonds. The van der Waals surface area contributed by atoms with Crippen molar-refractivity contribution in [3.63, 3.8) is 0 Å². The largest absolute Gasteiger partial charge is 0.0693 e. The summed E-state index contributed by atoms with van der Waals surface area (Å²) in [5.41, 5.74) is 3.12. The van der Waals surface area contributed by atoms with E-state index >= 15 is 0 Å². The summed E-state index contributed by atoms with van der Waals surface area (Å²) in [4.78, 5) is 0. The van der Waals surface area contributed by atoms with Crippen molar-refractivity contribution in [2.45, 2.75) is 33.1 Å². The van der Waals surface area contributed by atoms with Crippen molar-refractivity contribution in [2.24, 2.45) is 0 Å². The van der Waals surface area contributed by atoms with E-state index < -0.39 is 0 Å². The van der Waals surface area contributed by atoms with Gasteiger partial charge in [-0.2, -0.15) is 0 Å². The van der Waals surface area contributed by atoms with Gasteiger partial charge in [0.2, 0.25) is 0 Å². The molecule has 0 heteroatoms. The van der Waals surface area contributed by atoms with Crippen molar-refractivity contribution < 1.29 is 0 Å². The van der Waals surface area contributed by atoms with Crippen LogP contribution in [-0.2, 0) is 0 Å². The minimum Gasteiger partial charge on any atom is -0.0693 e. The van der Waals surface area contributed by atoms with Gasteiger partial charge in [-0.15, -0.1) is 0 Å². The summed E-state index contributed by atoms with van der Waals surface area (Å²) in [7, 11) is 0. The highest BCUT2D eigenvalue weighted by atomic mass is 14.1. The van der Waals surface area contributed by atoms with E-state index in [1.165, 1.54) is 24.8 Å². The van der Waals surface area contributed by atoms with Crippen LogP contribution in [0.15, 0.2) is 23.3 Å². The maximum atomic E-state index is 2.26. The quantitative estimate of drug-likeness (QED) is 0.528. The first-order chi connectivity index (χ1) is 4.33. The van der Waals surface area contributed by atoms with Gasteiger partial charge in [-0.3, -0.25) is 0 Å². The molecule has 0 aromatic rings. The molecule has 0 heterocycles. The van der Waals surface area contributed by atoms with Gasteiger partial charge < -0.3 is 0 Å². The van der Waals surface area contributed by atoms with Gasteiger partial charge >= 0.3 is 0 Å². The summed E-state index contributed by atoms with van der Waals surface area (Å²) in [6, 6.07) is 0. The Balaban J connectivity index is 2.35. The van der Waals surface area contributed by atoms with E-state index in [0.717, 1.165) is 0 Å². The molecule has 0 fully saturated rings. The standard InChI is InChI=1S/C9H14/c1-3-4-9-6-5-8(2)7-9/h5-6H,3-4,7H2,1-2H3. The highest BCUT2D eigenvalue weighted by molar-refractivity contribution is 5.28. The fraction of sp³-hybridized carbons (Fsp3) is 0.556. The zero-order valence-electron chi connectivity index (χ0n) is 6.28. The third-order valence-electron chi connectivity index (χ3n) is 1.68. The minimum atomic E-state index is 1.23. The maximum absolute atomic E-state index is 2.26. The zero-order valence-corrected chi connectivity index (χ0v) is 6.28. The van der Waals surface area contributed by atoms with Crippen LogP contribution in [0.1, 0.15) is 33.1 Å². The molecule has 1 rings (SSSR count). The van der Waals surface area contributed by atoms with E-state index in [-0.39, 0.29) is 0 Å². The Bertz CT molecular complexity index is 149. The smallest absolute Gasteiger partial charge is 0.0105 e. The van der Waals surface area contributed by atoms with Gasteiger partial charge in [0.1, 0.15) is 0 Å². The molecule has 0 aromatic carbocycles. The Morgan fingerprint density at radius 3 is 2.67 bits per heavy atom. The first-order valence-corrected chi connectivity index (χ1v) is 3.68. The predicted octanol–water partition coefficient (Wildman–Crippen LogP) is 3.06. The third-order valence-corrected chi connectivity index (χ3v) is 1.68. The lowest BCUT2D eigenvalue weighted by Gasteiger charge is -1.97. The van der Waals surface area contributed by atoms with Crippen molar-refractivity contribution in [1.82, 2.24) is 0 Å². The average molecular weight is 122 g/mol. The molecule has 0 saturated heterocycles. The lowest BCUT2D eigenvalue weighted by atomic mass is 10.1. The summed E-state index contributed by atoms with van der Waals surface area (Å²) in [6.45, 7) is 4.42. The lowest BCUT2D eigenvalue weighted by molar-refractivity contribution is 0.877. The minimum absolute atomic E-state index is 1.23. The summed E-state index contributed by atoms with van der Waals surface area (Å²) in [5.74, 6) is 0. The number of allylic oxidation sites excluding steroid dienone is 4. The number of hydrogen-bond acceptors (Lipinski definition) is 0. The van der Waals surface area contributed by atoms with Crippen molar-refractivity contribution in [3.8, 4) is 0 Å². The molecular formula is C9H14. The molecule has 0 N–H and O–H groups in total. The van der Waals surface area contributed by atoms with E-state index in [1.807, 2.05) is 0 Å². The Morgan fingerprint density at radius 1 is 1.44 bits per heavy atom. The van der Waals surface area contributed by atoms with E-state index in [1.54, 1.807) is 5.57 Å². The summed E-state index contributed by atoms with van der Waals surface area (Å²) >= 11 is 0. The monoisotopic (exact) mass is 122 g/mol. The number of rotatable bonds is 2. The van der Waals surface area contributed by atoms with Gasteiger partial charge in [0, 0.05) is 0 Å². The molecule has 0 saturated carbocycles. The molecule has 0 nitrogen and oxygen atoms in total. The van der Waals surface area contributed by atoms with Crippen LogP contribution in [0.25, 0.3) is 0 Å². The summed E-state index contributed by atoms with van der Waals surface area (Å²) < 4.78 is 0. The van der Waals surface area contributed by atoms with Crippen LogP contribution in [0.2, 0.25) is 0 Å². The average Bonchev–Trinajstić information content (AvgIpc) is 2.17. The summed E-state index contributed by atoms with van der Waals surface area (Å²) in [5, 5.41) is 0. The Hall–Kier alpha value is -0.520. The molecule has 0 bridgehead atoms. The fourth-order valence-electron chi connectivity index (χ4n) is 1.23. The van der Waals surface area contributed by atoms with Crippen LogP contribution in [0.5, 0.6) is 0 Å². The van der Waals surface area contributed by atoms with Crippen molar-refractivity contribution in [3.05, 3.63) is 23.3 Å². The molecule has 0 radical (unpaired) electrons. The molecule has 9 heavy (non-hydrogen) atoms. The van der Waals surface area contributed by atoms with Crippen LogP contribution >= 0.6 is 0 Å². The highest BCUT2D eigenvalue weighted by Gasteiger charge is 2.01. The van der Waals surface area contributed by atoms with Crippen LogP contribution < -0.4 is 0 Å². The SMILES string of the molecule is CCCC1=CC=C(C)C1. The van der Waals surface area contributed by atoms with Crippen molar-refractivity contribution >= 4 is 0 Å². The molecule has 0 aliphatic heterocycles. The van der Waals surface area contributed by atoms with E-state index in [2.05, 4.69) is 26.0 Å². The second-order valence-corrected chi connectivity index (χ2v) is 2.76. The lowest BCUT2D eigenvalue weighted by Crippen LogP contribution is -1.77. The second kappa shape index (κ2) is 2.86. The molecule has 1 aliphatic rings. The van der Waals surface area contributed by atoms with E-state index in [0.29, 0.717) is 0 Å². The topological polar surface area (TPSA) is 0 Å².